The van der Waals surface area contributed by atoms with Gasteiger partial charge in [-0.05, 0) is 84.7 Å². The number of hydrogen-bond acceptors (Lipinski definition) is 1. The number of rotatable bonds is 3. The topological polar surface area (TPSA) is 9.23 Å². The quantitative estimate of drug-likeness (QED) is 0.340. The van der Waals surface area contributed by atoms with Crippen LogP contribution in [0.1, 0.15) is 93.4 Å². The Kier molecular flexibility index (Phi) is 5.63. The third-order valence-electron chi connectivity index (χ3n) is 10.3. The van der Waals surface area contributed by atoms with Gasteiger partial charge >= 0.3 is 0 Å². The molecule has 1 nitrogen and oxygen atoms in total. The molecule has 0 saturated heterocycles. The Labute approximate surface area is 177 Å². The van der Waals surface area contributed by atoms with Gasteiger partial charge in [0, 0.05) is 12.5 Å². The van der Waals surface area contributed by atoms with Crippen LogP contribution in [0.4, 0.5) is 0 Å². The van der Waals surface area contributed by atoms with Crippen molar-refractivity contribution in [2.24, 2.45) is 34.0 Å². The molecule has 0 N–H and O–H groups in total. The Bertz CT molecular complexity index is 612. The molecule has 0 aromatic rings. The van der Waals surface area contributed by atoms with Crippen molar-refractivity contribution in [3.63, 3.8) is 0 Å². The Balaban J connectivity index is 1.88. The van der Waals surface area contributed by atoms with Crippen molar-refractivity contribution in [3.8, 4) is 0 Å². The largest absolute Gasteiger partial charge is 0.416 e. The van der Waals surface area contributed by atoms with Crippen LogP contribution in [0.3, 0.4) is 0 Å². The third kappa shape index (κ3) is 3.49. The van der Waals surface area contributed by atoms with Crippen LogP contribution in [0.5, 0.6) is 0 Å². The normalized spacial score (nSPS) is 41.3. The van der Waals surface area contributed by atoms with Crippen molar-refractivity contribution < 1.29 is 4.43 Å². The fraction of sp³-hybridized carbons (Fsp3) is 0.923. The first kappa shape index (κ1) is 22.6. The summed E-state index contributed by atoms with van der Waals surface area (Å²) in [4.78, 5) is 0. The van der Waals surface area contributed by atoms with Crippen molar-refractivity contribution in [2.45, 2.75) is 112 Å². The lowest BCUT2D eigenvalue weighted by Crippen LogP contribution is -2.59. The van der Waals surface area contributed by atoms with Crippen LogP contribution in [0.25, 0.3) is 0 Å². The predicted octanol–water partition coefficient (Wildman–Crippen LogP) is 8.22. The summed E-state index contributed by atoms with van der Waals surface area (Å²) < 4.78 is 6.81. The second-order valence-electron chi connectivity index (χ2n) is 13.3. The van der Waals surface area contributed by atoms with E-state index in [1.165, 1.54) is 50.5 Å². The Morgan fingerprint density at radius 1 is 0.964 bits per heavy atom. The van der Waals surface area contributed by atoms with Gasteiger partial charge in [0.1, 0.15) is 0 Å². The molecule has 3 saturated carbocycles. The van der Waals surface area contributed by atoms with Gasteiger partial charge in [0.25, 0.3) is 0 Å². The molecule has 28 heavy (non-hydrogen) atoms. The summed E-state index contributed by atoms with van der Waals surface area (Å²) in [5.74, 6) is 2.26. The van der Waals surface area contributed by atoms with E-state index in [0.29, 0.717) is 22.2 Å². The number of fused-ring (bicyclic) bond motifs is 3. The van der Waals surface area contributed by atoms with Crippen molar-refractivity contribution in [3.05, 3.63) is 12.2 Å². The maximum Gasteiger partial charge on any atom is 0.192 e. The van der Waals surface area contributed by atoms with Crippen molar-refractivity contribution in [2.75, 3.05) is 6.61 Å². The van der Waals surface area contributed by atoms with Gasteiger partial charge in [-0.25, -0.2) is 0 Å². The molecule has 0 amide bonds. The second kappa shape index (κ2) is 6.97. The lowest BCUT2D eigenvalue weighted by atomic mass is 9.39. The molecule has 3 rings (SSSR count). The Morgan fingerprint density at radius 3 is 2.21 bits per heavy atom. The van der Waals surface area contributed by atoms with Crippen LogP contribution < -0.4 is 0 Å². The molecule has 3 fully saturated rings. The summed E-state index contributed by atoms with van der Waals surface area (Å²) >= 11 is 0. The summed E-state index contributed by atoms with van der Waals surface area (Å²) in [5.41, 5.74) is 2.87. The van der Waals surface area contributed by atoms with Gasteiger partial charge in [-0.3, -0.25) is 0 Å². The average molecular weight is 405 g/mol. The molecule has 3 aliphatic rings. The smallest absolute Gasteiger partial charge is 0.192 e. The second-order valence-corrected chi connectivity index (χ2v) is 18.1. The highest BCUT2D eigenvalue weighted by Crippen LogP contribution is 2.69. The van der Waals surface area contributed by atoms with Gasteiger partial charge in [0.2, 0.25) is 0 Å². The molecule has 3 aliphatic carbocycles. The van der Waals surface area contributed by atoms with Crippen molar-refractivity contribution in [1.29, 1.82) is 0 Å². The van der Waals surface area contributed by atoms with Crippen LogP contribution in [-0.4, -0.2) is 14.9 Å². The first-order valence-corrected chi connectivity index (χ1v) is 14.9. The van der Waals surface area contributed by atoms with E-state index in [-0.39, 0.29) is 5.04 Å². The van der Waals surface area contributed by atoms with E-state index in [9.17, 15) is 0 Å². The van der Waals surface area contributed by atoms with E-state index < -0.39 is 8.32 Å². The van der Waals surface area contributed by atoms with E-state index in [1.807, 2.05) is 0 Å². The molecule has 0 bridgehead atoms. The minimum atomic E-state index is -1.73. The highest BCUT2D eigenvalue weighted by molar-refractivity contribution is 6.74. The lowest BCUT2D eigenvalue weighted by Gasteiger charge is -2.66. The molecule has 162 valence electrons. The number of hydrogen-bond donors (Lipinski definition) is 0. The zero-order valence-corrected chi connectivity index (χ0v) is 21.5. The van der Waals surface area contributed by atoms with E-state index >= 15 is 0 Å². The molecule has 0 aromatic heterocycles. The Morgan fingerprint density at radius 2 is 1.61 bits per heavy atom. The molecule has 2 heteroatoms. The maximum atomic E-state index is 6.81. The molecular weight excluding hydrogens is 356 g/mol. The summed E-state index contributed by atoms with van der Waals surface area (Å²) in [6, 6.07) is 0. The van der Waals surface area contributed by atoms with E-state index in [0.717, 1.165) is 18.4 Å². The molecule has 0 radical (unpaired) electrons. The minimum Gasteiger partial charge on any atom is -0.416 e. The maximum absolute atomic E-state index is 6.81. The molecule has 0 aromatic carbocycles. The van der Waals surface area contributed by atoms with Crippen LogP contribution >= 0.6 is 0 Å². The highest BCUT2D eigenvalue weighted by atomic mass is 28.4. The molecule has 0 spiro atoms. The summed E-state index contributed by atoms with van der Waals surface area (Å²) in [7, 11) is -1.73. The lowest BCUT2D eigenvalue weighted by molar-refractivity contribution is -0.156. The predicted molar refractivity (Wildman–Crippen MR) is 125 cm³/mol. The summed E-state index contributed by atoms with van der Waals surface area (Å²) in [6.45, 7) is 27.8. The molecular formula is C26H48OSi. The van der Waals surface area contributed by atoms with Crippen molar-refractivity contribution in [1.82, 2.24) is 0 Å². The fourth-order valence-electron chi connectivity index (χ4n) is 7.55. The highest BCUT2D eigenvalue weighted by Gasteiger charge is 2.61. The van der Waals surface area contributed by atoms with Crippen molar-refractivity contribution >= 4 is 8.32 Å². The third-order valence-corrected chi connectivity index (χ3v) is 14.8. The zero-order valence-electron chi connectivity index (χ0n) is 20.5. The van der Waals surface area contributed by atoms with E-state index in [2.05, 4.69) is 68.1 Å². The van der Waals surface area contributed by atoms with Gasteiger partial charge in [0.05, 0.1) is 0 Å². The van der Waals surface area contributed by atoms with Gasteiger partial charge in [-0.1, -0.05) is 67.0 Å². The van der Waals surface area contributed by atoms with Crippen LogP contribution in [-0.2, 0) is 4.43 Å². The molecule has 5 atom stereocenters. The molecule has 0 unspecified atom stereocenters. The van der Waals surface area contributed by atoms with Gasteiger partial charge in [-0.15, -0.1) is 0 Å². The van der Waals surface area contributed by atoms with Crippen LogP contribution in [0.2, 0.25) is 18.1 Å². The summed E-state index contributed by atoms with van der Waals surface area (Å²) in [5, 5.41) is 0.278. The SMILES string of the molecule is C=C1CC[C@H]2[C@@](C)(CC[C@H]3C(C)(C)CCC[C@]23C)[C@@H]1CO[Si](C)(C)C(C)(C)C. The fourth-order valence-corrected chi connectivity index (χ4v) is 8.57. The minimum absolute atomic E-state index is 0.278. The van der Waals surface area contributed by atoms with Gasteiger partial charge in [0.15, 0.2) is 8.32 Å². The first-order chi connectivity index (χ1) is 12.7. The average Bonchev–Trinajstić information content (AvgIpc) is 2.51. The molecule has 0 heterocycles. The van der Waals surface area contributed by atoms with Crippen LogP contribution in [0.15, 0.2) is 12.2 Å². The van der Waals surface area contributed by atoms with Gasteiger partial charge in [-0.2, -0.15) is 0 Å². The zero-order chi connectivity index (χ0) is 21.2. The Hall–Kier alpha value is -0.0831. The van der Waals surface area contributed by atoms with E-state index in [1.54, 1.807) is 0 Å². The van der Waals surface area contributed by atoms with E-state index in [4.69, 9.17) is 4.43 Å². The van der Waals surface area contributed by atoms with Crippen LogP contribution in [0, 0.1) is 34.0 Å². The standard InChI is InChI=1S/C26H48OSi/c1-19-12-13-22-25(7,20(19)18-27-28(9,10)23(2,3)4)17-14-21-24(5,6)15-11-16-26(21,22)8/h20-22H,1,11-18H2,2-10H3/t20-,21+,22+,25+,26+/m1/s1. The van der Waals surface area contributed by atoms with Gasteiger partial charge < -0.3 is 4.43 Å². The monoisotopic (exact) mass is 404 g/mol. The summed E-state index contributed by atoms with van der Waals surface area (Å²) in [6.07, 6.45) is 9.61. The molecule has 0 aliphatic heterocycles. The first-order valence-electron chi connectivity index (χ1n) is 12.0.